The van der Waals surface area contributed by atoms with Crippen LogP contribution in [-0.4, -0.2) is 50.8 Å². The Kier molecular flexibility index (Phi) is 10.5. The summed E-state index contributed by atoms with van der Waals surface area (Å²) in [4.78, 5) is 34.8. The summed E-state index contributed by atoms with van der Waals surface area (Å²) in [6.07, 6.45) is 4.60. The summed E-state index contributed by atoms with van der Waals surface area (Å²) in [6, 6.07) is 2.92. The first-order valence-corrected chi connectivity index (χ1v) is 15.2. The molecule has 8 atom stereocenters. The fourth-order valence-corrected chi connectivity index (χ4v) is 8.28. The molecule has 0 saturated heterocycles. The summed E-state index contributed by atoms with van der Waals surface area (Å²) in [6.45, 7) is 9.53. The fraction of sp³-hybridized carbons (Fsp3) is 0.594. The smallest absolute Gasteiger partial charge is 0.371 e. The van der Waals surface area contributed by atoms with Crippen LogP contribution in [0.2, 0.25) is 0 Å². The van der Waals surface area contributed by atoms with Crippen LogP contribution in [0.1, 0.15) is 77.3 Å². The number of halogens is 2. The third-order valence-electron chi connectivity index (χ3n) is 9.23. The van der Waals surface area contributed by atoms with Gasteiger partial charge >= 0.3 is 5.97 Å². The second-order valence-electron chi connectivity index (χ2n) is 11.2. The maximum absolute atomic E-state index is 16.9. The number of ketones is 1. The molecule has 224 valence electrons. The Hall–Kier alpha value is -2.70. The van der Waals surface area contributed by atoms with E-state index in [-0.39, 0.29) is 46.9 Å². The zero-order valence-corrected chi connectivity index (χ0v) is 25.1. The van der Waals surface area contributed by atoms with Crippen LogP contribution in [-0.2, 0) is 9.59 Å². The third kappa shape index (κ3) is 5.83. The van der Waals surface area contributed by atoms with Gasteiger partial charge in [0.15, 0.2) is 16.6 Å². The van der Waals surface area contributed by atoms with Gasteiger partial charge in [0.2, 0.25) is 5.76 Å². The van der Waals surface area contributed by atoms with Gasteiger partial charge in [0.1, 0.15) is 6.17 Å². The van der Waals surface area contributed by atoms with Crippen LogP contribution < -0.4 is 0 Å². The summed E-state index contributed by atoms with van der Waals surface area (Å²) < 4.78 is 36.7. The number of aliphatic hydroxyl groups excluding tert-OH is 1. The molecule has 6 nitrogen and oxygen atoms in total. The van der Waals surface area contributed by atoms with Crippen molar-refractivity contribution >= 4 is 28.6 Å². The van der Waals surface area contributed by atoms with Gasteiger partial charge in [-0.05, 0) is 73.8 Å². The molecule has 4 aliphatic carbocycles. The van der Waals surface area contributed by atoms with Crippen LogP contribution in [0.4, 0.5) is 8.78 Å². The van der Waals surface area contributed by atoms with Crippen molar-refractivity contribution in [1.29, 1.82) is 0 Å². The number of hydrogen-bond donors (Lipinski definition) is 2. The van der Waals surface area contributed by atoms with Gasteiger partial charge in [-0.15, -0.1) is 5.92 Å². The monoisotopic (exact) mass is 590 g/mol. The highest BCUT2D eigenvalue weighted by Gasteiger charge is 2.72. The minimum absolute atomic E-state index is 0.0231. The lowest BCUT2D eigenvalue weighted by Gasteiger charge is -2.62. The maximum Gasteiger partial charge on any atom is 0.371 e. The molecule has 41 heavy (non-hydrogen) atoms. The molecule has 3 fully saturated rings. The zero-order valence-electron chi connectivity index (χ0n) is 24.3. The number of aliphatic hydroxyl groups is 1. The maximum atomic E-state index is 16.9. The second-order valence-corrected chi connectivity index (χ2v) is 12.2. The Labute approximate surface area is 245 Å². The number of fused-ring (bicyclic) bond motifs is 5. The number of carboxylic acids is 1. The Morgan fingerprint density at radius 2 is 1.90 bits per heavy atom. The van der Waals surface area contributed by atoms with Gasteiger partial charge in [-0.2, -0.15) is 0 Å². The van der Waals surface area contributed by atoms with Gasteiger partial charge in [0.05, 0.1) is 18.1 Å². The standard InChI is InChI=1S/C25H30F2O3S.C5H4O3.C2H6/c1-4-5-6-11-31-22(30)17-8-7-16-18-13-20(26)19-12-15(28)9-10-24(19,3)25(18,27)21(29)14-23(16,17)2;6-5(7)4-2-1-3-8-4;1-2/h9-10,12,16-18,20-21,29H,4,7-8,11,13-14H2,1-3H3;1-3H,(H,6,7);1-2H3/t16?,17?,18?,20-,21?,23?,24?,25-;;/m0../s1. The Balaban J connectivity index is 0.000000394. The number of furan rings is 1. The molecule has 9 heteroatoms. The number of hydrogen-bond acceptors (Lipinski definition) is 6. The molecule has 0 radical (unpaired) electrons. The van der Waals surface area contributed by atoms with Crippen molar-refractivity contribution in [1.82, 2.24) is 0 Å². The van der Waals surface area contributed by atoms with E-state index in [4.69, 9.17) is 5.11 Å². The molecule has 1 heterocycles. The molecular formula is C32H40F2O6S. The van der Waals surface area contributed by atoms with Gasteiger partial charge in [0, 0.05) is 23.7 Å². The highest BCUT2D eigenvalue weighted by atomic mass is 32.2. The van der Waals surface area contributed by atoms with Crippen molar-refractivity contribution in [3.8, 4) is 11.8 Å². The van der Waals surface area contributed by atoms with Crippen molar-refractivity contribution in [3.63, 3.8) is 0 Å². The van der Waals surface area contributed by atoms with Crippen molar-refractivity contribution < 1.29 is 37.8 Å². The largest absolute Gasteiger partial charge is 0.475 e. The van der Waals surface area contributed by atoms with E-state index in [9.17, 15) is 19.5 Å². The van der Waals surface area contributed by atoms with Gasteiger partial charge in [-0.1, -0.05) is 51.5 Å². The minimum atomic E-state index is -2.07. The first-order chi connectivity index (χ1) is 19.4. The molecule has 2 N–H and O–H groups in total. The van der Waals surface area contributed by atoms with Crippen LogP contribution in [0.15, 0.2) is 46.6 Å². The number of rotatable bonds is 3. The molecule has 1 aromatic heterocycles. The van der Waals surface area contributed by atoms with Crippen molar-refractivity contribution in [2.75, 3.05) is 5.75 Å². The van der Waals surface area contributed by atoms with Crippen molar-refractivity contribution in [2.45, 2.75) is 84.7 Å². The molecule has 1 aromatic rings. The third-order valence-corrected chi connectivity index (χ3v) is 10.1. The van der Waals surface area contributed by atoms with Crippen LogP contribution >= 0.6 is 11.8 Å². The Morgan fingerprint density at radius 1 is 1.20 bits per heavy atom. The Morgan fingerprint density at radius 3 is 2.49 bits per heavy atom. The van der Waals surface area contributed by atoms with Gasteiger partial charge in [-0.3, -0.25) is 9.59 Å². The summed E-state index contributed by atoms with van der Waals surface area (Å²) in [5.74, 6) is 3.76. The van der Waals surface area contributed by atoms with Gasteiger partial charge in [0.25, 0.3) is 0 Å². The molecular weight excluding hydrogens is 550 g/mol. The lowest BCUT2D eigenvalue weighted by atomic mass is 9.45. The average Bonchev–Trinajstić information content (AvgIpc) is 3.60. The second kappa shape index (κ2) is 13.1. The predicted molar refractivity (Wildman–Crippen MR) is 155 cm³/mol. The fourth-order valence-electron chi connectivity index (χ4n) is 7.37. The van der Waals surface area contributed by atoms with Crippen molar-refractivity contribution in [3.05, 3.63) is 48.0 Å². The Bertz CT molecular complexity index is 1250. The lowest BCUT2D eigenvalue weighted by Crippen LogP contribution is -2.68. The molecule has 4 aliphatic rings. The van der Waals surface area contributed by atoms with Crippen LogP contribution in [0.5, 0.6) is 0 Å². The van der Waals surface area contributed by atoms with Crippen molar-refractivity contribution in [2.24, 2.45) is 28.6 Å². The first kappa shape index (κ1) is 32.8. The molecule has 3 saturated carbocycles. The highest BCUT2D eigenvalue weighted by molar-refractivity contribution is 8.13. The first-order valence-electron chi connectivity index (χ1n) is 14.3. The normalized spacial score (nSPS) is 36.4. The number of aromatic carboxylic acids is 1. The predicted octanol–water partition coefficient (Wildman–Crippen LogP) is 6.60. The molecule has 0 aliphatic heterocycles. The van der Waals surface area contributed by atoms with E-state index in [0.29, 0.717) is 18.6 Å². The van der Waals surface area contributed by atoms with Gasteiger partial charge in [-0.25, -0.2) is 13.6 Å². The van der Waals surface area contributed by atoms with E-state index in [2.05, 4.69) is 16.3 Å². The summed E-state index contributed by atoms with van der Waals surface area (Å²) in [5.41, 5.74) is -3.87. The summed E-state index contributed by atoms with van der Waals surface area (Å²) in [7, 11) is 0. The minimum Gasteiger partial charge on any atom is -0.475 e. The molecule has 5 rings (SSSR count). The highest BCUT2D eigenvalue weighted by Crippen LogP contribution is 2.69. The summed E-state index contributed by atoms with van der Waals surface area (Å²) >= 11 is 1.20. The van der Waals surface area contributed by atoms with E-state index in [0.717, 1.165) is 6.42 Å². The molecule has 0 amide bonds. The zero-order chi connectivity index (χ0) is 30.6. The van der Waals surface area contributed by atoms with E-state index in [1.54, 1.807) is 6.92 Å². The van der Waals surface area contributed by atoms with E-state index < -0.39 is 40.7 Å². The van der Waals surface area contributed by atoms with E-state index >= 15 is 8.78 Å². The summed E-state index contributed by atoms with van der Waals surface area (Å²) in [5, 5.41) is 19.4. The van der Waals surface area contributed by atoms with Crippen LogP contribution in [0, 0.1) is 40.4 Å². The molecule has 0 aromatic carbocycles. The molecule has 0 bridgehead atoms. The number of allylic oxidation sites excluding steroid dienone is 4. The van der Waals surface area contributed by atoms with E-state index in [1.165, 1.54) is 48.4 Å². The SMILES string of the molecule is CC.CCC#CCSC(=O)C1CCC2C3C[C@H](F)C4=CC(=O)C=CC4(C)[C@@]3(F)C(O)CC12C.O=C(O)c1ccco1. The number of carbonyl (C=O) groups excluding carboxylic acids is 2. The van der Waals surface area contributed by atoms with Crippen LogP contribution in [0.25, 0.3) is 0 Å². The lowest BCUT2D eigenvalue weighted by molar-refractivity contribution is -0.201. The number of carboxylic acid groups (broad SMARTS) is 1. The number of carbonyl (C=O) groups is 3. The topological polar surface area (TPSA) is 105 Å². The van der Waals surface area contributed by atoms with Crippen LogP contribution in [0.3, 0.4) is 0 Å². The number of thioether (sulfide) groups is 1. The number of alkyl halides is 2. The average molecular weight is 591 g/mol. The molecule has 6 unspecified atom stereocenters. The molecule has 0 spiro atoms. The van der Waals surface area contributed by atoms with E-state index in [1.807, 2.05) is 27.7 Å². The quantitative estimate of drug-likeness (QED) is 0.382. The van der Waals surface area contributed by atoms with Gasteiger partial charge < -0.3 is 14.6 Å².